The molecule has 13 nitrogen and oxygen atoms in total. The number of ether oxygens (including phenoxy) is 2. The van der Waals surface area contributed by atoms with Gasteiger partial charge in [-0.1, -0.05) is 95.2 Å². The third-order valence-electron chi connectivity index (χ3n) is 13.7. The molecule has 480 valence electrons. The van der Waals surface area contributed by atoms with Crippen LogP contribution in [0.15, 0.2) is 156 Å². The number of carbonyl (C=O) groups is 2. The number of hydrogen-bond acceptors (Lipinski definition) is 11. The smallest absolute Gasteiger partial charge is 0.461 e. The normalized spacial score (nSPS) is 17.9. The van der Waals surface area contributed by atoms with Crippen LogP contribution in [0.4, 0.5) is 79.0 Å². The van der Waals surface area contributed by atoms with Gasteiger partial charge >= 0.3 is 43.4 Å². The van der Waals surface area contributed by atoms with E-state index < -0.39 is 143 Å². The highest BCUT2D eigenvalue weighted by Crippen LogP contribution is 2.42. The van der Waals surface area contributed by atoms with Crippen molar-refractivity contribution >= 4 is 23.3 Å². The maximum atomic E-state index is 14.9. The van der Waals surface area contributed by atoms with Gasteiger partial charge in [-0.25, -0.2) is 22.4 Å². The van der Waals surface area contributed by atoms with Gasteiger partial charge < -0.3 is 45.5 Å². The predicted octanol–water partition coefficient (Wildman–Crippen LogP) is 12.4. The molecule has 1 amide bonds. The van der Waals surface area contributed by atoms with Crippen molar-refractivity contribution in [2.24, 2.45) is 16.0 Å². The number of amides is 1. The number of carboxylic acids is 1. The summed E-state index contributed by atoms with van der Waals surface area (Å²) < 4.78 is 247. The van der Waals surface area contributed by atoms with Gasteiger partial charge in [-0.15, -0.1) is 0 Å². The van der Waals surface area contributed by atoms with Gasteiger partial charge in [-0.2, -0.15) is 61.5 Å². The number of aliphatic hydroxyl groups is 2. The minimum absolute atomic E-state index is 0.00183. The van der Waals surface area contributed by atoms with Crippen molar-refractivity contribution in [2.45, 2.75) is 111 Å². The average Bonchev–Trinajstić information content (AvgIpc) is 1.17. The summed E-state index contributed by atoms with van der Waals surface area (Å²) in [7, 11) is 0. The highest BCUT2D eigenvalue weighted by atomic mass is 19.4. The zero-order chi connectivity index (χ0) is 66.3. The fourth-order valence-electron chi connectivity index (χ4n) is 8.63. The summed E-state index contributed by atoms with van der Waals surface area (Å²) >= 11 is 0. The number of nitrogens with one attached hydrogen (secondary N) is 1. The number of alkyl halides is 14. The quantitative estimate of drug-likeness (QED) is 0.0487. The zero-order valence-corrected chi connectivity index (χ0v) is 45.6. The summed E-state index contributed by atoms with van der Waals surface area (Å²) in [4.78, 5) is 32.9. The number of carbonyl (C=O) groups excluding carboxylic acids is 1. The Morgan fingerprint density at radius 2 is 0.921 bits per heavy atom. The van der Waals surface area contributed by atoms with Crippen molar-refractivity contribution in [1.29, 1.82) is 0 Å². The van der Waals surface area contributed by atoms with E-state index in [1.54, 1.807) is 60.7 Å². The van der Waals surface area contributed by atoms with Crippen molar-refractivity contribution in [3.05, 3.63) is 202 Å². The van der Waals surface area contributed by atoms with Crippen molar-refractivity contribution in [3.8, 4) is 11.5 Å². The lowest BCUT2D eigenvalue weighted by Gasteiger charge is -2.37. The van der Waals surface area contributed by atoms with E-state index in [2.05, 4.69) is 29.9 Å². The summed E-state index contributed by atoms with van der Waals surface area (Å²) in [5, 5.41) is 36.4. The van der Waals surface area contributed by atoms with Gasteiger partial charge in [0.15, 0.2) is 29.1 Å². The fourth-order valence-corrected chi connectivity index (χ4v) is 8.63. The Labute approximate surface area is 491 Å². The van der Waals surface area contributed by atoms with Crippen molar-refractivity contribution in [2.75, 3.05) is 0 Å². The number of hydrogen-bond donors (Lipinski definition) is 5. The Hall–Kier alpha value is -8.58. The summed E-state index contributed by atoms with van der Waals surface area (Å²) in [6, 6.07) is 30.6. The monoisotopic (exact) mass is 1290 g/mol. The van der Waals surface area contributed by atoms with E-state index in [4.69, 9.17) is 20.8 Å². The SMILES string of the molecule is CC(O)(C1CC(C(=O)N[C@](Cc2ccccc2)(c2ccc(F)cc2)c2cc(F)cc(OC(F)(F)C(F)F)c2)=NO1)C(F)(F)F.CC(O)(C1CC(C(=O)O)=NO1)C(F)(F)F.N[C@](Cc1ccccc1)(c1ccc(F)cc1)c1cc(F)cc(OC(F)(F)C(F)F)c1. The Balaban J connectivity index is 0.000000240. The first kappa shape index (κ1) is 69.5. The molecular weight excluding hydrogens is 1240 g/mol. The minimum atomic E-state index is -5.16. The number of nitrogens with two attached hydrogens (primary N) is 1. The second-order valence-corrected chi connectivity index (χ2v) is 20.2. The number of benzene rings is 6. The van der Waals surface area contributed by atoms with Crippen molar-refractivity contribution < 1.29 is 123 Å². The van der Waals surface area contributed by atoms with Crippen LogP contribution in [0.2, 0.25) is 0 Å². The maximum Gasteiger partial charge on any atom is 0.461 e. The van der Waals surface area contributed by atoms with Gasteiger partial charge in [0.05, 0.1) is 11.1 Å². The van der Waals surface area contributed by atoms with Gasteiger partial charge in [0.1, 0.15) is 40.5 Å². The van der Waals surface area contributed by atoms with Crippen LogP contribution in [0, 0.1) is 23.3 Å². The van der Waals surface area contributed by atoms with Gasteiger partial charge in [-0.3, -0.25) is 4.79 Å². The molecule has 0 saturated heterocycles. The average molecular weight is 1290 g/mol. The van der Waals surface area contributed by atoms with Gasteiger partial charge in [0.25, 0.3) is 5.91 Å². The lowest BCUT2D eigenvalue weighted by atomic mass is 9.77. The molecular formula is C58H48F18N4O9. The molecule has 0 saturated carbocycles. The third kappa shape index (κ3) is 16.8. The summed E-state index contributed by atoms with van der Waals surface area (Å²) in [5.41, 5.74) is -3.41. The zero-order valence-electron chi connectivity index (χ0n) is 45.6. The molecule has 6 aromatic rings. The summed E-state index contributed by atoms with van der Waals surface area (Å²) in [6.45, 7) is 0.938. The topological polar surface area (TPSA) is 195 Å². The third-order valence-corrected chi connectivity index (χ3v) is 13.7. The van der Waals surface area contributed by atoms with Crippen LogP contribution >= 0.6 is 0 Å². The number of carboxylic acid groups (broad SMARTS) is 1. The summed E-state index contributed by atoms with van der Waals surface area (Å²) in [5.74, 6) is -8.02. The Kier molecular flexibility index (Phi) is 21.1. The fraction of sp³-hybridized carbons (Fsp3) is 0.310. The molecule has 2 heterocycles. The Morgan fingerprint density at radius 1 is 0.539 bits per heavy atom. The van der Waals surface area contributed by atoms with Crippen LogP contribution in [0.5, 0.6) is 11.5 Å². The van der Waals surface area contributed by atoms with E-state index in [9.17, 15) is 93.7 Å². The van der Waals surface area contributed by atoms with Crippen molar-refractivity contribution in [3.63, 3.8) is 0 Å². The van der Waals surface area contributed by atoms with E-state index >= 15 is 0 Å². The first-order chi connectivity index (χ1) is 41.2. The standard InChI is InChI=1S/C29H23F9N2O4.C22H17F6NO.C7H8F3NO4/c1-26(42,29(36,37)38)23-14-22(40-44-23)24(41)39-27(15-16-5-3-2-4-6-16,17-7-9-19(30)10-8-17)18-11-20(31)13-21(12-18)43-28(34,35)25(32)33;23-17-8-6-15(7-9-17)21(29,13-14-4-2-1-3-5-14)16-10-18(24)12-19(11-16)30-22(27,28)20(25)26;1-6(14,7(8,9)10)4-2-3(5(12)13)11-15-4/h2-13,23,25,42H,14-15H2,1H3,(H,39,41);1-12,20H,13,29H2;4,14H,2H2,1H3,(H,12,13)/t23?,26?,27-;21-;/m11./s1. The van der Waals surface area contributed by atoms with Gasteiger partial charge in [0, 0.05) is 31.4 Å². The first-order valence-corrected chi connectivity index (χ1v) is 25.5. The second kappa shape index (κ2) is 27.0. The molecule has 8 rings (SSSR count). The van der Waals surface area contributed by atoms with E-state index in [1.807, 2.05) is 0 Å². The molecule has 6 atom stereocenters. The van der Waals surface area contributed by atoms with Crippen LogP contribution in [-0.4, -0.2) is 99.5 Å². The van der Waals surface area contributed by atoms with E-state index in [0.717, 1.165) is 54.1 Å². The summed E-state index contributed by atoms with van der Waals surface area (Å²) in [6.07, 6.45) is -33.7. The minimum Gasteiger partial charge on any atom is -0.477 e. The number of aliphatic carboxylic acids is 1. The molecule has 2 aliphatic heterocycles. The van der Waals surface area contributed by atoms with Crippen LogP contribution in [-0.2, 0) is 43.2 Å². The highest BCUT2D eigenvalue weighted by Gasteiger charge is 2.60. The lowest BCUT2D eigenvalue weighted by Crippen LogP contribution is -2.53. The molecule has 0 bridgehead atoms. The van der Waals surface area contributed by atoms with Crippen molar-refractivity contribution in [1.82, 2.24) is 5.32 Å². The largest absolute Gasteiger partial charge is 0.477 e. The number of nitrogens with zero attached hydrogens (tertiary/aromatic N) is 2. The highest BCUT2D eigenvalue weighted by molar-refractivity contribution is 6.39. The predicted molar refractivity (Wildman–Crippen MR) is 278 cm³/mol. The molecule has 0 aliphatic carbocycles. The Bertz CT molecular complexity index is 3470. The molecule has 0 spiro atoms. The lowest BCUT2D eigenvalue weighted by molar-refractivity contribution is -0.285. The molecule has 0 aromatic heterocycles. The molecule has 4 unspecified atom stereocenters. The van der Waals surface area contributed by atoms with Crippen LogP contribution < -0.4 is 20.5 Å². The van der Waals surface area contributed by atoms with E-state index in [0.29, 0.717) is 37.1 Å². The molecule has 0 fully saturated rings. The molecule has 0 radical (unpaired) electrons. The molecule has 6 N–H and O–H groups in total. The second-order valence-electron chi connectivity index (χ2n) is 20.2. The molecule has 89 heavy (non-hydrogen) atoms. The number of rotatable bonds is 19. The first-order valence-electron chi connectivity index (χ1n) is 25.5. The van der Waals surface area contributed by atoms with Crippen LogP contribution in [0.3, 0.4) is 0 Å². The van der Waals surface area contributed by atoms with Crippen LogP contribution in [0.25, 0.3) is 0 Å². The van der Waals surface area contributed by atoms with Gasteiger partial charge in [0.2, 0.25) is 0 Å². The van der Waals surface area contributed by atoms with E-state index in [1.165, 1.54) is 24.3 Å². The molecule has 31 heteroatoms. The van der Waals surface area contributed by atoms with Gasteiger partial charge in [-0.05, 0) is 102 Å². The number of oxime groups is 2. The number of halogens is 18. The molecule has 2 aliphatic rings. The van der Waals surface area contributed by atoms with Crippen LogP contribution in [0.1, 0.15) is 60.1 Å². The Morgan fingerprint density at radius 3 is 1.33 bits per heavy atom. The molecule has 6 aromatic carbocycles. The van der Waals surface area contributed by atoms with E-state index in [-0.39, 0.29) is 29.5 Å². The maximum absolute atomic E-state index is 14.9.